The van der Waals surface area contributed by atoms with E-state index in [2.05, 4.69) is 53.6 Å². The monoisotopic (exact) mass is 322 g/mol. The Morgan fingerprint density at radius 3 is 2.35 bits per heavy atom. The van der Waals surface area contributed by atoms with Gasteiger partial charge in [0.25, 0.3) is 0 Å². The van der Waals surface area contributed by atoms with Crippen LogP contribution in [0.2, 0.25) is 0 Å². The highest BCUT2D eigenvalue weighted by atomic mass is 16.6. The van der Waals surface area contributed by atoms with Gasteiger partial charge in [0.1, 0.15) is 6.33 Å². The van der Waals surface area contributed by atoms with Gasteiger partial charge in [0, 0.05) is 23.7 Å². The van der Waals surface area contributed by atoms with Gasteiger partial charge in [-0.15, -0.1) is 0 Å². The van der Waals surface area contributed by atoms with Gasteiger partial charge >= 0.3 is 5.69 Å². The van der Waals surface area contributed by atoms with Crippen LogP contribution >= 0.6 is 0 Å². The number of piperidine rings is 1. The first kappa shape index (κ1) is 17.4. The van der Waals surface area contributed by atoms with Gasteiger partial charge in [-0.1, -0.05) is 0 Å². The van der Waals surface area contributed by atoms with Crippen molar-refractivity contribution >= 4 is 17.3 Å². The topological polar surface area (TPSA) is 105 Å². The Balaban J connectivity index is 2.29. The number of hydrogen-bond acceptors (Lipinski definition) is 7. The van der Waals surface area contributed by atoms with Gasteiger partial charge in [-0.05, 0) is 47.5 Å². The molecule has 0 unspecified atom stereocenters. The molecule has 0 amide bonds. The van der Waals surface area contributed by atoms with E-state index in [1.54, 1.807) is 0 Å². The van der Waals surface area contributed by atoms with Crippen molar-refractivity contribution in [1.29, 1.82) is 0 Å². The summed E-state index contributed by atoms with van der Waals surface area (Å²) in [5.74, 6) is 0.530. The molecule has 0 aromatic carbocycles. The Morgan fingerprint density at radius 2 is 1.83 bits per heavy atom. The number of rotatable bonds is 5. The Kier molecular flexibility index (Phi) is 4.74. The zero-order valence-electron chi connectivity index (χ0n) is 14.4. The average Bonchev–Trinajstić information content (AvgIpc) is 2.34. The van der Waals surface area contributed by atoms with Crippen LogP contribution in [0.5, 0.6) is 0 Å². The molecule has 1 fully saturated rings. The predicted octanol–water partition coefficient (Wildman–Crippen LogP) is 2.54. The fraction of sp³-hybridized carbons (Fsp3) is 0.733. The van der Waals surface area contributed by atoms with E-state index in [1.165, 1.54) is 6.33 Å². The van der Waals surface area contributed by atoms with Gasteiger partial charge in [0.05, 0.1) is 4.92 Å². The molecular weight excluding hydrogens is 296 g/mol. The van der Waals surface area contributed by atoms with Crippen LogP contribution in [0.1, 0.15) is 47.5 Å². The number of nitrogens with one attached hydrogen (secondary N) is 3. The molecule has 0 spiro atoms. The fourth-order valence-electron chi connectivity index (χ4n) is 3.57. The highest BCUT2D eigenvalue weighted by molar-refractivity contribution is 5.69. The van der Waals surface area contributed by atoms with Crippen LogP contribution in [0.15, 0.2) is 6.33 Å². The van der Waals surface area contributed by atoms with E-state index >= 15 is 0 Å². The predicted molar refractivity (Wildman–Crippen MR) is 90.8 cm³/mol. The average molecular weight is 322 g/mol. The van der Waals surface area contributed by atoms with E-state index < -0.39 is 4.92 Å². The summed E-state index contributed by atoms with van der Waals surface area (Å²) >= 11 is 0. The van der Waals surface area contributed by atoms with Crippen molar-refractivity contribution < 1.29 is 4.92 Å². The second-order valence-electron chi connectivity index (χ2n) is 7.35. The van der Waals surface area contributed by atoms with E-state index in [-0.39, 0.29) is 34.4 Å². The Bertz CT molecular complexity index is 571. The molecule has 1 aromatic heterocycles. The molecule has 0 saturated carbocycles. The molecule has 3 N–H and O–H groups in total. The minimum Gasteiger partial charge on any atom is -0.364 e. The highest BCUT2D eigenvalue weighted by Crippen LogP contribution is 2.34. The molecule has 2 rings (SSSR count). The highest BCUT2D eigenvalue weighted by Gasteiger charge is 2.38. The van der Waals surface area contributed by atoms with Crippen molar-refractivity contribution in [3.63, 3.8) is 0 Å². The van der Waals surface area contributed by atoms with Crippen molar-refractivity contribution in [3.8, 4) is 0 Å². The zero-order chi connectivity index (χ0) is 17.3. The first-order chi connectivity index (χ1) is 10.6. The summed E-state index contributed by atoms with van der Waals surface area (Å²) in [4.78, 5) is 19.1. The molecule has 0 radical (unpaired) electrons. The Morgan fingerprint density at radius 1 is 1.26 bits per heavy atom. The lowest BCUT2D eigenvalue weighted by molar-refractivity contribution is -0.383. The molecule has 8 nitrogen and oxygen atoms in total. The lowest BCUT2D eigenvalue weighted by Crippen LogP contribution is -2.60. The summed E-state index contributed by atoms with van der Waals surface area (Å²) in [7, 11) is 0. The summed E-state index contributed by atoms with van der Waals surface area (Å²) in [5, 5.41) is 21.2. The van der Waals surface area contributed by atoms with Gasteiger partial charge < -0.3 is 16.0 Å². The maximum atomic E-state index is 11.4. The first-order valence-electron chi connectivity index (χ1n) is 7.93. The van der Waals surface area contributed by atoms with E-state index in [9.17, 15) is 10.1 Å². The van der Waals surface area contributed by atoms with Gasteiger partial charge in [0.15, 0.2) is 0 Å². The minimum absolute atomic E-state index is 0.0499. The molecule has 0 atom stereocenters. The third-order valence-corrected chi connectivity index (χ3v) is 3.88. The Labute approximate surface area is 136 Å². The summed E-state index contributed by atoms with van der Waals surface area (Å²) in [6.45, 7) is 11.0. The molecule has 0 aliphatic carbocycles. The van der Waals surface area contributed by atoms with E-state index in [1.807, 2.05) is 6.92 Å². The quantitative estimate of drug-likeness (QED) is 0.565. The molecule has 128 valence electrons. The van der Waals surface area contributed by atoms with Crippen molar-refractivity contribution in [3.05, 3.63) is 16.4 Å². The van der Waals surface area contributed by atoms with Gasteiger partial charge in [-0.3, -0.25) is 10.1 Å². The summed E-state index contributed by atoms with van der Waals surface area (Å²) < 4.78 is 0. The second-order valence-corrected chi connectivity index (χ2v) is 7.35. The van der Waals surface area contributed by atoms with Crippen LogP contribution in [0, 0.1) is 10.1 Å². The minimum atomic E-state index is -0.433. The number of aromatic nitrogens is 2. The molecule has 1 aromatic rings. The number of nitrogens with zero attached hydrogens (tertiary/aromatic N) is 3. The maximum absolute atomic E-state index is 11.4. The van der Waals surface area contributed by atoms with Crippen molar-refractivity contribution in [2.24, 2.45) is 0 Å². The van der Waals surface area contributed by atoms with E-state index in [0.29, 0.717) is 6.54 Å². The van der Waals surface area contributed by atoms with E-state index in [0.717, 1.165) is 12.8 Å². The SMILES string of the molecule is CCNc1ncnc(NC2CC(C)(C)NC(C)(C)C2)c1[N+](=O)[O-]. The smallest absolute Gasteiger partial charge is 0.353 e. The molecule has 2 heterocycles. The first-order valence-corrected chi connectivity index (χ1v) is 7.93. The lowest BCUT2D eigenvalue weighted by Gasteiger charge is -2.46. The largest absolute Gasteiger partial charge is 0.364 e. The third kappa shape index (κ3) is 4.28. The van der Waals surface area contributed by atoms with Crippen LogP contribution in [0.25, 0.3) is 0 Å². The van der Waals surface area contributed by atoms with Crippen LogP contribution < -0.4 is 16.0 Å². The van der Waals surface area contributed by atoms with Crippen molar-refractivity contribution in [1.82, 2.24) is 15.3 Å². The summed E-state index contributed by atoms with van der Waals surface area (Å²) in [5.41, 5.74) is -0.194. The molecule has 23 heavy (non-hydrogen) atoms. The summed E-state index contributed by atoms with van der Waals surface area (Å²) in [6.07, 6.45) is 3.06. The standard InChI is InChI=1S/C15H26N6O2/c1-6-16-12-11(21(22)23)13(18-9-17-12)19-10-7-14(2,3)20-15(4,5)8-10/h9-10,20H,6-8H2,1-5H3,(H2,16,17,18,19). The van der Waals surface area contributed by atoms with Crippen LogP contribution in [0.3, 0.4) is 0 Å². The maximum Gasteiger partial charge on any atom is 0.353 e. The van der Waals surface area contributed by atoms with E-state index in [4.69, 9.17) is 0 Å². The zero-order valence-corrected chi connectivity index (χ0v) is 14.4. The number of hydrogen-bond donors (Lipinski definition) is 3. The molecular formula is C15H26N6O2. The molecule has 1 aliphatic heterocycles. The molecule has 1 aliphatic rings. The van der Waals surface area contributed by atoms with Gasteiger partial charge in [-0.2, -0.15) is 0 Å². The summed E-state index contributed by atoms with van der Waals surface area (Å²) in [6, 6.07) is 0.101. The van der Waals surface area contributed by atoms with Gasteiger partial charge in [0.2, 0.25) is 11.6 Å². The van der Waals surface area contributed by atoms with Crippen molar-refractivity contribution in [2.75, 3.05) is 17.2 Å². The second kappa shape index (κ2) is 6.27. The normalized spacial score (nSPS) is 20.0. The van der Waals surface area contributed by atoms with Gasteiger partial charge in [-0.25, -0.2) is 9.97 Å². The number of anilines is 2. The molecule has 1 saturated heterocycles. The Hall–Kier alpha value is -1.96. The fourth-order valence-corrected chi connectivity index (χ4v) is 3.57. The molecule has 0 bridgehead atoms. The van der Waals surface area contributed by atoms with Crippen LogP contribution in [-0.4, -0.2) is 38.6 Å². The third-order valence-electron chi connectivity index (χ3n) is 3.88. The van der Waals surface area contributed by atoms with Crippen LogP contribution in [-0.2, 0) is 0 Å². The number of nitro groups is 1. The molecule has 8 heteroatoms. The lowest BCUT2D eigenvalue weighted by atomic mass is 9.79. The van der Waals surface area contributed by atoms with Crippen LogP contribution in [0.4, 0.5) is 17.3 Å². The van der Waals surface area contributed by atoms with Crippen molar-refractivity contribution in [2.45, 2.75) is 64.6 Å².